The summed E-state index contributed by atoms with van der Waals surface area (Å²) < 4.78 is 54.1. The minimum atomic E-state index is -3.85. The van der Waals surface area contributed by atoms with E-state index in [4.69, 9.17) is 0 Å². The lowest BCUT2D eigenvalue weighted by Crippen LogP contribution is -2.51. The fourth-order valence-electron chi connectivity index (χ4n) is 4.41. The van der Waals surface area contributed by atoms with E-state index in [9.17, 15) is 26.8 Å². The van der Waals surface area contributed by atoms with E-state index in [0.717, 1.165) is 38.3 Å². The highest BCUT2D eigenvalue weighted by atomic mass is 79.9. The maximum Gasteiger partial charge on any atom is 0.243 e. The Balaban J connectivity index is 1.88. The molecule has 0 aromatic heterocycles. The molecule has 0 radical (unpaired) electrons. The first kappa shape index (κ1) is 33.2. The quantitative estimate of drug-likeness (QED) is 0.240. The Bertz CT molecular complexity index is 1450. The molecule has 0 unspecified atom stereocenters. The fraction of sp³-hybridized carbons (Fsp3) is 0.355. The van der Waals surface area contributed by atoms with E-state index >= 15 is 0 Å². The summed E-state index contributed by atoms with van der Waals surface area (Å²) in [5.41, 5.74) is 1.67. The summed E-state index contributed by atoms with van der Waals surface area (Å²) in [5, 5.41) is 2.96. The summed E-state index contributed by atoms with van der Waals surface area (Å²) in [6, 6.07) is 18.9. The average molecular weight is 665 g/mol. The Labute approximate surface area is 255 Å². The zero-order valence-corrected chi connectivity index (χ0v) is 26.3. The van der Waals surface area contributed by atoms with Crippen molar-refractivity contribution in [1.29, 1.82) is 0 Å². The summed E-state index contributed by atoms with van der Waals surface area (Å²) in [5.74, 6) is -2.67. The second-order valence-corrected chi connectivity index (χ2v) is 13.4. The highest BCUT2D eigenvalue weighted by Gasteiger charge is 2.30. The number of benzene rings is 3. The van der Waals surface area contributed by atoms with Crippen molar-refractivity contribution in [3.8, 4) is 0 Å². The Kier molecular flexibility index (Phi) is 12.0. The Morgan fingerprint density at radius 3 is 2.19 bits per heavy atom. The van der Waals surface area contributed by atoms with Gasteiger partial charge in [0.05, 0.1) is 11.9 Å². The third-order valence-corrected chi connectivity index (χ3v) is 8.29. The molecule has 11 heteroatoms. The standard InChI is InChI=1S/C31H36BrF2N3O4S/c1-22(2)20-35-31(39)29(18-23-8-5-4-6-9-23)36(21-24-11-13-25(32)14-12-24)30(38)10-7-17-37(42(3,40)41)26-15-16-27(33)28(34)19-26/h4-6,8-9,11-16,19,22,29H,7,10,17-18,20-21H2,1-3H3,(H,35,39)/t29-/m0/s1. The molecule has 7 nitrogen and oxygen atoms in total. The molecule has 0 saturated heterocycles. The van der Waals surface area contributed by atoms with Crippen molar-refractivity contribution < 1.29 is 26.8 Å². The Morgan fingerprint density at radius 1 is 0.929 bits per heavy atom. The van der Waals surface area contributed by atoms with Gasteiger partial charge in [-0.3, -0.25) is 13.9 Å². The molecule has 0 aliphatic carbocycles. The lowest BCUT2D eigenvalue weighted by Gasteiger charge is -2.32. The van der Waals surface area contributed by atoms with E-state index in [1.807, 2.05) is 68.4 Å². The van der Waals surface area contributed by atoms with Gasteiger partial charge in [-0.2, -0.15) is 0 Å². The third-order valence-electron chi connectivity index (χ3n) is 6.57. The molecular formula is C31H36BrF2N3O4S. The van der Waals surface area contributed by atoms with Crippen molar-refractivity contribution in [3.05, 3.63) is 100 Å². The van der Waals surface area contributed by atoms with Gasteiger partial charge in [-0.25, -0.2) is 17.2 Å². The molecule has 0 aliphatic heterocycles. The second kappa shape index (κ2) is 15.2. The number of nitrogens with one attached hydrogen (secondary N) is 1. The zero-order valence-electron chi connectivity index (χ0n) is 23.9. The molecule has 42 heavy (non-hydrogen) atoms. The van der Waals surface area contributed by atoms with Crippen molar-refractivity contribution in [2.24, 2.45) is 5.92 Å². The number of carbonyl (C=O) groups excluding carboxylic acids is 2. The van der Waals surface area contributed by atoms with E-state index in [1.54, 1.807) is 0 Å². The molecule has 0 saturated carbocycles. The number of halogens is 3. The van der Waals surface area contributed by atoms with Crippen LogP contribution in [0.25, 0.3) is 0 Å². The van der Waals surface area contributed by atoms with Crippen LogP contribution in [-0.2, 0) is 32.6 Å². The summed E-state index contributed by atoms with van der Waals surface area (Å²) in [6.07, 6.45) is 1.27. The molecule has 2 amide bonds. The van der Waals surface area contributed by atoms with Crippen LogP contribution in [0.5, 0.6) is 0 Å². The molecule has 0 fully saturated rings. The minimum Gasteiger partial charge on any atom is -0.354 e. The maximum absolute atomic E-state index is 13.9. The van der Waals surface area contributed by atoms with Gasteiger partial charge in [0, 0.05) is 43.0 Å². The van der Waals surface area contributed by atoms with E-state index < -0.39 is 27.7 Å². The predicted molar refractivity (Wildman–Crippen MR) is 164 cm³/mol. The first-order chi connectivity index (χ1) is 19.8. The number of hydrogen-bond acceptors (Lipinski definition) is 4. The van der Waals surface area contributed by atoms with Crippen LogP contribution in [0, 0.1) is 17.6 Å². The molecule has 0 heterocycles. The van der Waals surface area contributed by atoms with Crippen molar-refractivity contribution >= 4 is 43.5 Å². The van der Waals surface area contributed by atoms with Gasteiger partial charge in [-0.15, -0.1) is 0 Å². The number of hydrogen-bond donors (Lipinski definition) is 1. The average Bonchev–Trinajstić information content (AvgIpc) is 2.94. The predicted octanol–water partition coefficient (Wildman–Crippen LogP) is 5.69. The van der Waals surface area contributed by atoms with Crippen molar-refractivity contribution in [2.45, 2.75) is 45.7 Å². The number of sulfonamides is 1. The number of anilines is 1. The minimum absolute atomic E-state index is 0.0365. The summed E-state index contributed by atoms with van der Waals surface area (Å²) in [7, 11) is -3.85. The molecule has 3 aromatic carbocycles. The zero-order chi connectivity index (χ0) is 30.9. The molecule has 1 N–H and O–H groups in total. The number of rotatable bonds is 14. The Morgan fingerprint density at radius 2 is 1.60 bits per heavy atom. The fourth-order valence-corrected chi connectivity index (χ4v) is 5.63. The van der Waals surface area contributed by atoms with Crippen LogP contribution in [0.4, 0.5) is 14.5 Å². The number of amides is 2. The number of nitrogens with zero attached hydrogens (tertiary/aromatic N) is 2. The highest BCUT2D eigenvalue weighted by Crippen LogP contribution is 2.22. The lowest BCUT2D eigenvalue weighted by molar-refractivity contribution is -0.141. The van der Waals surface area contributed by atoms with Crippen LogP contribution >= 0.6 is 15.9 Å². The molecule has 3 aromatic rings. The molecule has 0 bridgehead atoms. The molecule has 0 spiro atoms. The van der Waals surface area contributed by atoms with Gasteiger partial charge in [0.25, 0.3) is 0 Å². The van der Waals surface area contributed by atoms with E-state index in [-0.39, 0.29) is 55.8 Å². The van der Waals surface area contributed by atoms with Crippen molar-refractivity contribution in [3.63, 3.8) is 0 Å². The molecule has 3 rings (SSSR count). The SMILES string of the molecule is CC(C)CNC(=O)[C@H](Cc1ccccc1)N(Cc1ccc(Br)cc1)C(=O)CCCN(c1ccc(F)c(F)c1)S(C)(=O)=O. The van der Waals surface area contributed by atoms with E-state index in [1.165, 1.54) is 11.0 Å². The monoisotopic (exact) mass is 663 g/mol. The van der Waals surface area contributed by atoms with Crippen LogP contribution < -0.4 is 9.62 Å². The van der Waals surface area contributed by atoms with Crippen molar-refractivity contribution in [1.82, 2.24) is 10.2 Å². The van der Waals surface area contributed by atoms with Crippen LogP contribution in [0.1, 0.15) is 37.8 Å². The highest BCUT2D eigenvalue weighted by molar-refractivity contribution is 9.10. The summed E-state index contributed by atoms with van der Waals surface area (Å²) >= 11 is 3.42. The van der Waals surface area contributed by atoms with Gasteiger partial charge in [0.2, 0.25) is 21.8 Å². The van der Waals surface area contributed by atoms with Crippen LogP contribution in [0.3, 0.4) is 0 Å². The van der Waals surface area contributed by atoms with Gasteiger partial charge in [0.15, 0.2) is 11.6 Å². The van der Waals surface area contributed by atoms with E-state index in [0.29, 0.717) is 6.54 Å². The summed E-state index contributed by atoms with van der Waals surface area (Å²) in [6.45, 7) is 4.44. The van der Waals surface area contributed by atoms with Crippen molar-refractivity contribution in [2.75, 3.05) is 23.7 Å². The van der Waals surface area contributed by atoms with Crippen LogP contribution in [0.2, 0.25) is 0 Å². The topological polar surface area (TPSA) is 86.8 Å². The normalized spacial score (nSPS) is 12.2. The van der Waals surface area contributed by atoms with E-state index in [2.05, 4.69) is 21.2 Å². The smallest absolute Gasteiger partial charge is 0.243 e. The lowest BCUT2D eigenvalue weighted by atomic mass is 10.0. The first-order valence-corrected chi connectivity index (χ1v) is 16.3. The first-order valence-electron chi connectivity index (χ1n) is 13.6. The van der Waals surface area contributed by atoms with Gasteiger partial charge in [-0.1, -0.05) is 72.2 Å². The van der Waals surface area contributed by atoms with Gasteiger partial charge in [-0.05, 0) is 47.7 Å². The molecule has 1 atom stereocenters. The second-order valence-electron chi connectivity index (χ2n) is 10.5. The third kappa shape index (κ3) is 9.90. The summed E-state index contributed by atoms with van der Waals surface area (Å²) in [4.78, 5) is 28.9. The molecule has 226 valence electrons. The number of carbonyl (C=O) groups is 2. The van der Waals surface area contributed by atoms with Gasteiger partial charge < -0.3 is 10.2 Å². The van der Waals surface area contributed by atoms with Gasteiger partial charge >= 0.3 is 0 Å². The Hall–Kier alpha value is -3.31. The van der Waals surface area contributed by atoms with Crippen LogP contribution in [0.15, 0.2) is 77.3 Å². The maximum atomic E-state index is 13.9. The molecule has 0 aliphatic rings. The van der Waals surface area contributed by atoms with Crippen LogP contribution in [-0.4, -0.2) is 50.5 Å². The van der Waals surface area contributed by atoms with Gasteiger partial charge in [0.1, 0.15) is 6.04 Å². The largest absolute Gasteiger partial charge is 0.354 e. The molecular weight excluding hydrogens is 628 g/mol.